The molecule has 3 N–H and O–H groups in total. The topological polar surface area (TPSA) is 63.8 Å². The summed E-state index contributed by atoms with van der Waals surface area (Å²) in [5, 5.41) is 4.01. The highest BCUT2D eigenvalue weighted by Gasteiger charge is 1.90. The molecule has 4 nitrogen and oxygen atoms in total. The third-order valence-electron chi connectivity index (χ3n) is 2.47. The van der Waals surface area contributed by atoms with Gasteiger partial charge in [-0.2, -0.15) is 0 Å². The van der Waals surface area contributed by atoms with Gasteiger partial charge in [-0.05, 0) is 51.1 Å². The third kappa shape index (κ3) is 9.24. The van der Waals surface area contributed by atoms with E-state index >= 15 is 0 Å². The minimum atomic E-state index is 0. The van der Waals surface area contributed by atoms with Gasteiger partial charge in [0.1, 0.15) is 0 Å². The van der Waals surface area contributed by atoms with Crippen LogP contribution >= 0.6 is 24.0 Å². The normalized spacial score (nSPS) is 9.14. The van der Waals surface area contributed by atoms with Gasteiger partial charge in [0.2, 0.25) is 0 Å². The standard InChI is InChI=1S/C9H15N3.C6H6ClN.ClH/c1-8-7-9(3-6-11-8)12-5-2-4-10;1-5-4-6(7)2-3-8-5;/h3,6-7H,2,4-5,10H2,1H3,(H,11,12);2-4H,1H3;1H. The van der Waals surface area contributed by atoms with Crippen LogP contribution in [0.15, 0.2) is 36.7 Å². The Bertz CT molecular complexity index is 503. The van der Waals surface area contributed by atoms with Gasteiger partial charge in [0.05, 0.1) is 0 Å². The van der Waals surface area contributed by atoms with E-state index in [9.17, 15) is 0 Å². The molecule has 0 aliphatic heterocycles. The molecule has 116 valence electrons. The number of aromatic nitrogens is 2. The summed E-state index contributed by atoms with van der Waals surface area (Å²) in [5.41, 5.74) is 8.48. The van der Waals surface area contributed by atoms with Crippen molar-refractivity contribution in [1.82, 2.24) is 9.97 Å². The predicted octanol–water partition coefficient (Wildman–Crippen LogP) is 3.62. The van der Waals surface area contributed by atoms with Crippen molar-refractivity contribution in [1.29, 1.82) is 0 Å². The number of nitrogens with one attached hydrogen (secondary N) is 1. The Kier molecular flexibility index (Phi) is 10.6. The Morgan fingerprint density at radius 1 is 1.10 bits per heavy atom. The van der Waals surface area contributed by atoms with Crippen molar-refractivity contribution >= 4 is 29.7 Å². The zero-order chi connectivity index (χ0) is 14.8. The van der Waals surface area contributed by atoms with E-state index in [1.54, 1.807) is 18.5 Å². The van der Waals surface area contributed by atoms with E-state index in [1.165, 1.54) is 0 Å². The quantitative estimate of drug-likeness (QED) is 0.841. The lowest BCUT2D eigenvalue weighted by molar-refractivity contribution is 0.874. The molecule has 0 aliphatic rings. The van der Waals surface area contributed by atoms with Gasteiger partial charge in [0, 0.05) is 41.0 Å². The maximum absolute atomic E-state index is 5.60. The molecule has 0 spiro atoms. The molecule has 2 heterocycles. The summed E-state index contributed by atoms with van der Waals surface area (Å²) < 4.78 is 0. The number of rotatable bonds is 4. The van der Waals surface area contributed by atoms with Crippen LogP contribution in [0.5, 0.6) is 0 Å². The van der Waals surface area contributed by atoms with Gasteiger partial charge in [-0.25, -0.2) is 0 Å². The molecule has 0 saturated heterocycles. The maximum Gasteiger partial charge on any atom is 0.0439 e. The second kappa shape index (κ2) is 11.3. The van der Waals surface area contributed by atoms with E-state index in [2.05, 4.69) is 15.3 Å². The highest BCUT2D eigenvalue weighted by atomic mass is 35.5. The van der Waals surface area contributed by atoms with Crippen molar-refractivity contribution in [3.8, 4) is 0 Å². The van der Waals surface area contributed by atoms with E-state index in [4.69, 9.17) is 17.3 Å². The molecule has 0 radical (unpaired) electrons. The molecule has 0 atom stereocenters. The van der Waals surface area contributed by atoms with Gasteiger partial charge in [-0.15, -0.1) is 12.4 Å². The lowest BCUT2D eigenvalue weighted by atomic mass is 10.3. The van der Waals surface area contributed by atoms with E-state index in [0.717, 1.165) is 41.6 Å². The minimum Gasteiger partial charge on any atom is -0.385 e. The van der Waals surface area contributed by atoms with Gasteiger partial charge in [0.25, 0.3) is 0 Å². The lowest BCUT2D eigenvalue weighted by Gasteiger charge is -2.04. The highest BCUT2D eigenvalue weighted by Crippen LogP contribution is 2.06. The van der Waals surface area contributed by atoms with Crippen LogP contribution in [-0.4, -0.2) is 23.1 Å². The van der Waals surface area contributed by atoms with E-state index in [0.29, 0.717) is 0 Å². The maximum atomic E-state index is 5.60. The summed E-state index contributed by atoms with van der Waals surface area (Å²) >= 11 is 5.60. The largest absolute Gasteiger partial charge is 0.385 e. The number of hydrogen-bond donors (Lipinski definition) is 2. The molecule has 21 heavy (non-hydrogen) atoms. The first kappa shape index (κ1) is 19.6. The van der Waals surface area contributed by atoms with E-state index in [1.807, 2.05) is 32.0 Å². The number of hydrogen-bond acceptors (Lipinski definition) is 4. The van der Waals surface area contributed by atoms with Crippen LogP contribution < -0.4 is 11.1 Å². The first-order valence-electron chi connectivity index (χ1n) is 6.56. The summed E-state index contributed by atoms with van der Waals surface area (Å²) in [5.74, 6) is 0. The highest BCUT2D eigenvalue weighted by molar-refractivity contribution is 6.30. The summed E-state index contributed by atoms with van der Waals surface area (Å²) in [4.78, 5) is 8.06. The monoisotopic (exact) mass is 328 g/mol. The molecular weight excluding hydrogens is 307 g/mol. The molecule has 2 rings (SSSR count). The molecule has 0 unspecified atom stereocenters. The molecule has 0 fully saturated rings. The van der Waals surface area contributed by atoms with Gasteiger partial charge in [-0.3, -0.25) is 9.97 Å². The first-order chi connectivity index (χ1) is 9.61. The Morgan fingerprint density at radius 3 is 2.19 bits per heavy atom. The lowest BCUT2D eigenvalue weighted by Crippen LogP contribution is -2.08. The fourth-order valence-corrected chi connectivity index (χ4v) is 1.72. The average molecular weight is 329 g/mol. The van der Waals surface area contributed by atoms with Gasteiger partial charge < -0.3 is 11.1 Å². The van der Waals surface area contributed by atoms with Crippen LogP contribution in [-0.2, 0) is 0 Å². The molecule has 6 heteroatoms. The molecule has 0 bridgehead atoms. The smallest absolute Gasteiger partial charge is 0.0439 e. The average Bonchev–Trinajstić information content (AvgIpc) is 2.39. The number of nitrogens with two attached hydrogens (primary N) is 1. The molecule has 2 aromatic heterocycles. The van der Waals surface area contributed by atoms with Crippen molar-refractivity contribution in [2.75, 3.05) is 18.4 Å². The molecule has 0 aromatic carbocycles. The Labute approximate surface area is 137 Å². The fourth-order valence-electron chi connectivity index (χ4n) is 1.50. The molecular formula is C15H22Cl2N4. The second-order valence-electron chi connectivity index (χ2n) is 4.37. The van der Waals surface area contributed by atoms with Crippen molar-refractivity contribution in [3.63, 3.8) is 0 Å². The molecule has 2 aromatic rings. The van der Waals surface area contributed by atoms with Gasteiger partial charge in [-0.1, -0.05) is 11.6 Å². The summed E-state index contributed by atoms with van der Waals surface area (Å²) in [6.45, 7) is 5.55. The number of anilines is 1. The van der Waals surface area contributed by atoms with E-state index < -0.39 is 0 Å². The van der Waals surface area contributed by atoms with Crippen molar-refractivity contribution < 1.29 is 0 Å². The van der Waals surface area contributed by atoms with Crippen LogP contribution in [0.2, 0.25) is 5.02 Å². The number of pyridine rings is 2. The first-order valence-corrected chi connectivity index (χ1v) is 6.94. The van der Waals surface area contributed by atoms with Crippen LogP contribution in [0.25, 0.3) is 0 Å². The predicted molar refractivity (Wildman–Crippen MR) is 92.4 cm³/mol. The number of nitrogens with zero attached hydrogens (tertiary/aromatic N) is 2. The zero-order valence-electron chi connectivity index (χ0n) is 12.3. The summed E-state index contributed by atoms with van der Waals surface area (Å²) in [6, 6.07) is 7.57. The van der Waals surface area contributed by atoms with Crippen molar-refractivity contribution in [2.45, 2.75) is 20.3 Å². The third-order valence-corrected chi connectivity index (χ3v) is 2.70. The molecule has 0 amide bonds. The van der Waals surface area contributed by atoms with Crippen LogP contribution in [0, 0.1) is 13.8 Å². The Balaban J connectivity index is 0.000000390. The van der Waals surface area contributed by atoms with Crippen molar-refractivity contribution in [3.05, 3.63) is 53.1 Å². The summed E-state index contributed by atoms with van der Waals surface area (Å²) in [7, 11) is 0. The second-order valence-corrected chi connectivity index (χ2v) is 4.81. The zero-order valence-corrected chi connectivity index (χ0v) is 13.9. The van der Waals surface area contributed by atoms with E-state index in [-0.39, 0.29) is 12.4 Å². The van der Waals surface area contributed by atoms with Crippen LogP contribution in [0.3, 0.4) is 0 Å². The SMILES string of the molecule is Cc1cc(Cl)ccn1.Cc1cc(NCCCN)ccn1.Cl. The van der Waals surface area contributed by atoms with Crippen LogP contribution in [0.1, 0.15) is 17.8 Å². The number of halogens is 2. The van der Waals surface area contributed by atoms with Gasteiger partial charge in [0.15, 0.2) is 0 Å². The van der Waals surface area contributed by atoms with Crippen molar-refractivity contribution in [2.24, 2.45) is 5.73 Å². The van der Waals surface area contributed by atoms with Gasteiger partial charge >= 0.3 is 0 Å². The fraction of sp³-hybridized carbons (Fsp3) is 0.333. The minimum absolute atomic E-state index is 0. The Morgan fingerprint density at radius 2 is 1.71 bits per heavy atom. The molecule has 0 aliphatic carbocycles. The van der Waals surface area contributed by atoms with Crippen LogP contribution in [0.4, 0.5) is 5.69 Å². The number of aryl methyl sites for hydroxylation is 2. The molecule has 0 saturated carbocycles. The Hall–Kier alpha value is -1.36. The summed E-state index contributed by atoms with van der Waals surface area (Å²) in [6.07, 6.45) is 4.50.